The second kappa shape index (κ2) is 6.52. The molecule has 16 heavy (non-hydrogen) atoms. The second-order valence-electron chi connectivity index (χ2n) is 2.90. The van der Waals surface area contributed by atoms with Crippen LogP contribution in [0.5, 0.6) is 0 Å². The monoisotopic (exact) mass is 476 g/mol. The third-order valence-electron chi connectivity index (χ3n) is 2.00. The zero-order valence-electron chi connectivity index (χ0n) is 8.22. The summed E-state index contributed by atoms with van der Waals surface area (Å²) in [4.78, 5) is 11.6. The molecule has 0 radical (unpaired) electrons. The summed E-state index contributed by atoms with van der Waals surface area (Å²) in [7, 11) is 1.37. The first-order valence-corrected chi connectivity index (χ1v) is 7.92. The number of carbonyl (C=O) groups excluding carboxylic acids is 1. The number of alkyl halides is 4. The maximum atomic E-state index is 11.6. The molecule has 0 atom stereocenters. The predicted octanol–water partition coefficient (Wildman–Crippen LogP) is 5.05. The van der Waals surface area contributed by atoms with Crippen LogP contribution in [0.15, 0.2) is 18.2 Å². The lowest BCUT2D eigenvalue weighted by Crippen LogP contribution is -2.07. The van der Waals surface area contributed by atoms with Crippen LogP contribution in [0.25, 0.3) is 0 Å². The first-order chi connectivity index (χ1) is 7.49. The first-order valence-electron chi connectivity index (χ1n) is 4.26. The van der Waals surface area contributed by atoms with Crippen molar-refractivity contribution in [1.29, 1.82) is 0 Å². The molecule has 88 valence electrons. The number of carbonyl (C=O) groups is 1. The maximum absolute atomic E-state index is 11.6. The Morgan fingerprint density at radius 1 is 1.19 bits per heavy atom. The molecule has 1 aromatic rings. The van der Waals surface area contributed by atoms with Crippen molar-refractivity contribution in [3.05, 3.63) is 34.9 Å². The van der Waals surface area contributed by atoms with Gasteiger partial charge in [-0.25, -0.2) is 4.79 Å². The zero-order valence-corrected chi connectivity index (χ0v) is 14.6. The van der Waals surface area contributed by atoms with Crippen LogP contribution in [0.3, 0.4) is 0 Å². The summed E-state index contributed by atoms with van der Waals surface area (Å²) in [6.45, 7) is 0. The number of methoxy groups -OCH3 is 1. The van der Waals surface area contributed by atoms with E-state index in [1.54, 1.807) is 6.07 Å². The average Bonchev–Trinajstić information content (AvgIpc) is 2.26. The molecule has 0 amide bonds. The van der Waals surface area contributed by atoms with Gasteiger partial charge in [-0.2, -0.15) is 0 Å². The molecule has 1 aromatic carbocycles. The molecule has 0 aliphatic heterocycles. The van der Waals surface area contributed by atoms with E-state index in [9.17, 15) is 4.79 Å². The van der Waals surface area contributed by atoms with Gasteiger partial charge in [0.25, 0.3) is 0 Å². The summed E-state index contributed by atoms with van der Waals surface area (Å²) >= 11 is 13.7. The fraction of sp³-hybridized carbons (Fsp3) is 0.300. The van der Waals surface area contributed by atoms with Gasteiger partial charge in [0.05, 0.1) is 20.1 Å². The average molecular weight is 480 g/mol. The van der Waals surface area contributed by atoms with E-state index < -0.39 is 0 Å². The van der Waals surface area contributed by atoms with Gasteiger partial charge in [0.1, 0.15) is 0 Å². The number of ether oxygens (including phenoxy) is 1. The fourth-order valence-electron chi connectivity index (χ4n) is 1.30. The van der Waals surface area contributed by atoms with Crippen LogP contribution >= 0.6 is 63.7 Å². The van der Waals surface area contributed by atoms with Gasteiger partial charge in [-0.1, -0.05) is 75.9 Å². The Labute approximate surface area is 128 Å². The molecule has 0 heterocycles. The predicted molar refractivity (Wildman–Crippen MR) is 79.0 cm³/mol. The molecule has 0 saturated carbocycles. The van der Waals surface area contributed by atoms with E-state index in [2.05, 4.69) is 63.7 Å². The molecule has 1 rings (SSSR count). The van der Waals surface area contributed by atoms with E-state index in [1.807, 2.05) is 12.1 Å². The molecule has 0 spiro atoms. The standard InChI is InChI=1S/C10H8Br4O2/c1-16-10(15)6-4-2-3-5(8(11)12)7(6)9(13)14/h2-4,8-9H,1H3. The molecule has 0 fully saturated rings. The van der Waals surface area contributed by atoms with E-state index in [0.717, 1.165) is 11.1 Å². The molecule has 0 N–H and O–H groups in total. The van der Waals surface area contributed by atoms with Crippen molar-refractivity contribution in [1.82, 2.24) is 0 Å². The summed E-state index contributed by atoms with van der Waals surface area (Å²) in [6.07, 6.45) is 0. The zero-order chi connectivity index (χ0) is 12.3. The Morgan fingerprint density at radius 2 is 1.81 bits per heavy atom. The van der Waals surface area contributed by atoms with Crippen molar-refractivity contribution in [3.8, 4) is 0 Å². The lowest BCUT2D eigenvalue weighted by Gasteiger charge is -2.15. The van der Waals surface area contributed by atoms with Crippen molar-refractivity contribution >= 4 is 69.7 Å². The number of hydrogen-bond acceptors (Lipinski definition) is 2. The third-order valence-corrected chi connectivity index (χ3v) is 3.90. The van der Waals surface area contributed by atoms with Gasteiger partial charge in [-0.05, 0) is 17.2 Å². The van der Waals surface area contributed by atoms with Crippen LogP contribution in [0.2, 0.25) is 0 Å². The highest BCUT2D eigenvalue weighted by Crippen LogP contribution is 2.41. The van der Waals surface area contributed by atoms with Crippen LogP contribution in [-0.4, -0.2) is 13.1 Å². The van der Waals surface area contributed by atoms with Crippen molar-refractivity contribution < 1.29 is 9.53 Å². The lowest BCUT2D eigenvalue weighted by molar-refractivity contribution is 0.0599. The summed E-state index contributed by atoms with van der Waals surface area (Å²) in [5, 5.41) is 0. The minimum absolute atomic E-state index is 0.0165. The minimum Gasteiger partial charge on any atom is -0.465 e. The quantitative estimate of drug-likeness (QED) is 0.448. The smallest absolute Gasteiger partial charge is 0.338 e. The highest BCUT2D eigenvalue weighted by atomic mass is 79.9. The number of esters is 1. The molecule has 0 aromatic heterocycles. The molecule has 2 nitrogen and oxygen atoms in total. The number of rotatable bonds is 3. The van der Waals surface area contributed by atoms with Gasteiger partial charge in [-0.15, -0.1) is 0 Å². The molecule has 6 heteroatoms. The van der Waals surface area contributed by atoms with Crippen LogP contribution in [0, 0.1) is 0 Å². The largest absolute Gasteiger partial charge is 0.465 e. The Balaban J connectivity index is 3.38. The number of halogens is 4. The molecular weight excluding hydrogens is 472 g/mol. The van der Waals surface area contributed by atoms with Crippen LogP contribution < -0.4 is 0 Å². The summed E-state index contributed by atoms with van der Waals surface area (Å²) in [5.41, 5.74) is 2.37. The Hall–Kier alpha value is 0.610. The van der Waals surface area contributed by atoms with E-state index in [-0.39, 0.29) is 13.4 Å². The van der Waals surface area contributed by atoms with Gasteiger partial charge < -0.3 is 4.74 Å². The van der Waals surface area contributed by atoms with Crippen molar-refractivity contribution in [3.63, 3.8) is 0 Å². The van der Waals surface area contributed by atoms with Gasteiger partial charge >= 0.3 is 5.97 Å². The SMILES string of the molecule is COC(=O)c1cccc(C(Br)Br)c1C(Br)Br. The fourth-order valence-corrected chi connectivity index (χ4v) is 3.13. The third kappa shape index (κ3) is 3.31. The van der Waals surface area contributed by atoms with Crippen molar-refractivity contribution in [2.24, 2.45) is 0 Å². The highest BCUT2D eigenvalue weighted by Gasteiger charge is 2.21. The summed E-state index contributed by atoms with van der Waals surface area (Å²) in [6, 6.07) is 5.50. The van der Waals surface area contributed by atoms with Gasteiger partial charge in [-0.3, -0.25) is 0 Å². The molecule has 0 aliphatic carbocycles. The van der Waals surface area contributed by atoms with Crippen molar-refractivity contribution in [2.45, 2.75) is 7.47 Å². The minimum atomic E-state index is -0.346. The summed E-state index contributed by atoms with van der Waals surface area (Å²) in [5.74, 6) is -0.346. The van der Waals surface area contributed by atoms with Gasteiger partial charge in [0.2, 0.25) is 0 Å². The molecule has 0 unspecified atom stereocenters. The van der Waals surface area contributed by atoms with Crippen molar-refractivity contribution in [2.75, 3.05) is 7.11 Å². The summed E-state index contributed by atoms with van der Waals surface area (Å²) < 4.78 is 4.63. The van der Waals surface area contributed by atoms with Gasteiger partial charge in [0.15, 0.2) is 0 Å². The molecule has 0 aliphatic rings. The molecule has 0 saturated heterocycles. The van der Waals surface area contributed by atoms with Crippen LogP contribution in [-0.2, 0) is 4.74 Å². The first kappa shape index (κ1) is 14.7. The van der Waals surface area contributed by atoms with E-state index in [1.165, 1.54) is 7.11 Å². The number of benzene rings is 1. The molecule has 0 bridgehead atoms. The highest BCUT2D eigenvalue weighted by molar-refractivity contribution is 9.24. The lowest BCUT2D eigenvalue weighted by atomic mass is 10.0. The Kier molecular flexibility index (Phi) is 5.98. The molecular formula is C10H8Br4O2. The van der Waals surface area contributed by atoms with E-state index >= 15 is 0 Å². The topological polar surface area (TPSA) is 26.3 Å². The Morgan fingerprint density at radius 3 is 2.25 bits per heavy atom. The van der Waals surface area contributed by atoms with Crippen LogP contribution in [0.4, 0.5) is 0 Å². The maximum Gasteiger partial charge on any atom is 0.338 e. The Bertz CT molecular complexity index is 390. The number of hydrogen-bond donors (Lipinski definition) is 0. The van der Waals surface area contributed by atoms with Gasteiger partial charge in [0, 0.05) is 0 Å². The van der Waals surface area contributed by atoms with E-state index in [4.69, 9.17) is 4.74 Å². The normalized spacial score (nSPS) is 10.9. The second-order valence-corrected chi connectivity index (χ2v) is 9.02. The van der Waals surface area contributed by atoms with Crippen LogP contribution in [0.1, 0.15) is 29.0 Å². The van der Waals surface area contributed by atoms with E-state index in [0.29, 0.717) is 5.56 Å².